The van der Waals surface area contributed by atoms with Crippen molar-refractivity contribution in [2.24, 2.45) is 44.8 Å². The van der Waals surface area contributed by atoms with Crippen LogP contribution in [0.1, 0.15) is 106 Å². The lowest BCUT2D eigenvalue weighted by atomic mass is 9.41. The molecule has 8 fully saturated rings. The molecule has 5 saturated carbocycles. The van der Waals surface area contributed by atoms with E-state index >= 15 is 0 Å². The van der Waals surface area contributed by atoms with Gasteiger partial charge in [0.05, 0.1) is 48.8 Å². The van der Waals surface area contributed by atoms with E-state index in [1.807, 2.05) is 0 Å². The van der Waals surface area contributed by atoms with Crippen LogP contribution in [-0.4, -0.2) is 150 Å². The molecular weight excluding hydrogens is 716 g/mol. The predicted octanol–water partition coefficient (Wildman–Crippen LogP) is 0.724. The highest BCUT2D eigenvalue weighted by Gasteiger charge is 2.85. The van der Waals surface area contributed by atoms with Gasteiger partial charge < -0.3 is 69.6 Å². The van der Waals surface area contributed by atoms with Gasteiger partial charge in [-0.3, -0.25) is 0 Å². The summed E-state index contributed by atoms with van der Waals surface area (Å²) in [5.74, 6) is 0.0159. The summed E-state index contributed by atoms with van der Waals surface area (Å²) in [6.07, 6.45) is -7.87. The van der Waals surface area contributed by atoms with Gasteiger partial charge in [0.1, 0.15) is 42.7 Å². The summed E-state index contributed by atoms with van der Waals surface area (Å²) in [6, 6.07) is 0. The summed E-state index contributed by atoms with van der Waals surface area (Å²) in [7, 11) is 0. The summed E-state index contributed by atoms with van der Waals surface area (Å²) < 4.78 is 30.9. The maximum absolute atomic E-state index is 12.4. The van der Waals surface area contributed by atoms with Crippen molar-refractivity contribution in [3.63, 3.8) is 0 Å². The largest absolute Gasteiger partial charge is 0.394 e. The van der Waals surface area contributed by atoms with Crippen LogP contribution in [0, 0.1) is 44.8 Å². The first-order valence-corrected chi connectivity index (χ1v) is 20.9. The molecular formula is C41H68O14. The lowest BCUT2D eigenvalue weighted by Crippen LogP contribution is -2.64. The molecule has 0 amide bonds. The molecule has 55 heavy (non-hydrogen) atoms. The van der Waals surface area contributed by atoms with E-state index in [0.29, 0.717) is 19.3 Å². The van der Waals surface area contributed by atoms with E-state index < -0.39 is 96.8 Å². The average Bonchev–Trinajstić information content (AvgIpc) is 3.45. The van der Waals surface area contributed by atoms with Gasteiger partial charge in [0.15, 0.2) is 12.6 Å². The first-order valence-electron chi connectivity index (χ1n) is 20.9. The van der Waals surface area contributed by atoms with Crippen LogP contribution < -0.4 is 0 Å². The maximum Gasteiger partial charge on any atom is 0.187 e. The highest BCUT2D eigenvalue weighted by atomic mass is 16.8. The summed E-state index contributed by atoms with van der Waals surface area (Å²) in [5.41, 5.74) is -2.64. The predicted molar refractivity (Wildman–Crippen MR) is 194 cm³/mol. The molecule has 21 atom stereocenters. The van der Waals surface area contributed by atoms with E-state index in [1.165, 1.54) is 0 Å². The lowest BCUT2D eigenvalue weighted by Gasteiger charge is -2.64. The zero-order valence-electron chi connectivity index (χ0n) is 33.6. The Kier molecular flexibility index (Phi) is 9.90. The second-order valence-corrected chi connectivity index (χ2v) is 21.1. The number of rotatable bonds is 7. The molecule has 2 spiro atoms. The number of fused-ring (bicyclic) bond motifs is 2. The monoisotopic (exact) mass is 784 g/mol. The average molecular weight is 785 g/mol. The molecule has 0 aromatic carbocycles. The third-order valence-electron chi connectivity index (χ3n) is 17.6. The fourth-order valence-electron chi connectivity index (χ4n) is 14.9. The summed E-state index contributed by atoms with van der Waals surface area (Å²) in [6.45, 7) is 13.8. The Morgan fingerprint density at radius 2 is 1.42 bits per heavy atom. The van der Waals surface area contributed by atoms with Crippen molar-refractivity contribution < 1.29 is 69.6 Å². The highest BCUT2D eigenvalue weighted by molar-refractivity contribution is 5.33. The first kappa shape index (κ1) is 41.2. The van der Waals surface area contributed by atoms with Crippen LogP contribution >= 0.6 is 0 Å². The third-order valence-corrected chi connectivity index (χ3v) is 17.6. The second kappa shape index (κ2) is 13.2. The van der Waals surface area contributed by atoms with Crippen molar-refractivity contribution in [3.8, 4) is 0 Å². The van der Waals surface area contributed by atoms with Gasteiger partial charge >= 0.3 is 0 Å². The van der Waals surface area contributed by atoms with Crippen molar-refractivity contribution in [3.05, 3.63) is 0 Å². The molecule has 8 rings (SSSR count). The van der Waals surface area contributed by atoms with E-state index in [1.54, 1.807) is 13.8 Å². The lowest BCUT2D eigenvalue weighted by molar-refractivity contribution is -0.366. The van der Waals surface area contributed by atoms with E-state index in [2.05, 4.69) is 34.6 Å². The molecule has 14 heteroatoms. The van der Waals surface area contributed by atoms with Crippen LogP contribution in [0.4, 0.5) is 0 Å². The fourth-order valence-corrected chi connectivity index (χ4v) is 14.9. The van der Waals surface area contributed by atoms with Gasteiger partial charge in [0.25, 0.3) is 0 Å². The Morgan fingerprint density at radius 3 is 2.07 bits per heavy atom. The van der Waals surface area contributed by atoms with Crippen LogP contribution in [0.15, 0.2) is 0 Å². The molecule has 8 aliphatic rings. The minimum Gasteiger partial charge on any atom is -0.394 e. The van der Waals surface area contributed by atoms with E-state index in [4.69, 9.17) is 23.7 Å². The van der Waals surface area contributed by atoms with Gasteiger partial charge in [-0.15, -0.1) is 0 Å². The summed E-state index contributed by atoms with van der Waals surface area (Å²) in [4.78, 5) is 0. The van der Waals surface area contributed by atoms with Crippen molar-refractivity contribution in [1.29, 1.82) is 0 Å². The van der Waals surface area contributed by atoms with Crippen LogP contribution in [0.5, 0.6) is 0 Å². The Morgan fingerprint density at radius 1 is 0.709 bits per heavy atom. The Bertz CT molecular complexity index is 1460. The van der Waals surface area contributed by atoms with E-state index in [-0.39, 0.29) is 52.1 Å². The molecule has 0 aromatic heterocycles. The number of hydrogen-bond acceptors (Lipinski definition) is 14. The normalized spacial score (nSPS) is 58.7. The Hall–Kier alpha value is -0.560. The Balaban J connectivity index is 1.02. The zero-order valence-corrected chi connectivity index (χ0v) is 33.6. The minimum atomic E-state index is -1.72. The second-order valence-electron chi connectivity index (χ2n) is 21.1. The molecule has 3 aliphatic heterocycles. The van der Waals surface area contributed by atoms with Gasteiger partial charge in [-0.1, -0.05) is 27.7 Å². The van der Waals surface area contributed by atoms with Gasteiger partial charge in [-0.05, 0) is 117 Å². The van der Waals surface area contributed by atoms with Crippen LogP contribution in [0.2, 0.25) is 0 Å². The van der Waals surface area contributed by atoms with E-state index in [9.17, 15) is 46.0 Å². The SMILES string of the molecule is CC(C)(O)C1CC[C@@](C)(C2C(O)C[C@@]3(C)C4CC(O)C5C(C)(C)C(OC6OCC(O)C(O)C6OC6OC(CO)C(O)C(O)C6O)CC[C@@]56C[C@@]46CC[C@]23C)O1. The van der Waals surface area contributed by atoms with Crippen molar-refractivity contribution in [2.75, 3.05) is 13.2 Å². The topological polar surface area (TPSA) is 228 Å². The van der Waals surface area contributed by atoms with Gasteiger partial charge in [-0.2, -0.15) is 0 Å². The number of aliphatic hydroxyl groups is 9. The quantitative estimate of drug-likeness (QED) is 0.162. The molecule has 3 heterocycles. The molecule has 316 valence electrons. The minimum absolute atomic E-state index is 0.0193. The van der Waals surface area contributed by atoms with Gasteiger partial charge in [-0.25, -0.2) is 0 Å². The van der Waals surface area contributed by atoms with Crippen molar-refractivity contribution >= 4 is 0 Å². The molecule has 14 nitrogen and oxygen atoms in total. The molecule has 9 N–H and O–H groups in total. The maximum atomic E-state index is 12.4. The molecule has 0 bridgehead atoms. The number of ether oxygens (including phenoxy) is 5. The summed E-state index contributed by atoms with van der Waals surface area (Å²) >= 11 is 0. The first-order chi connectivity index (χ1) is 25.5. The van der Waals surface area contributed by atoms with Gasteiger partial charge in [0.2, 0.25) is 0 Å². The van der Waals surface area contributed by atoms with Crippen LogP contribution in [-0.2, 0) is 23.7 Å². The van der Waals surface area contributed by atoms with Gasteiger partial charge in [0, 0.05) is 5.92 Å². The molecule has 0 aromatic rings. The Labute approximate surface area is 324 Å². The summed E-state index contributed by atoms with van der Waals surface area (Å²) in [5, 5.41) is 97.9. The van der Waals surface area contributed by atoms with Crippen LogP contribution in [0.3, 0.4) is 0 Å². The molecule has 0 radical (unpaired) electrons. The highest BCUT2D eigenvalue weighted by Crippen LogP contribution is 2.89. The third kappa shape index (κ3) is 5.70. The zero-order chi connectivity index (χ0) is 40.1. The fraction of sp³-hybridized carbons (Fsp3) is 1.00. The standard InChI is InChI=1S/C41H68O14/c1-35(2)24(53-34-30(26(46)21(45)17-51-34)54-33-29(49)28(48)27(47)22(16-42)52-33)9-11-41-18-40(41)13-12-37(5)32(39(7)10-8-25(55-39)36(3,4)50)20(44)15-38(37,6)23(40)14-19(43)31(35)41/h19-34,42-50H,8-18H2,1-7H3/t19?,20?,21?,22?,23?,24?,25?,26?,27?,28?,29?,30?,31?,32?,33?,34?,37-,38+,39+,40+,41-/m1/s1. The molecule has 16 unspecified atom stereocenters. The smallest absolute Gasteiger partial charge is 0.187 e. The van der Waals surface area contributed by atoms with E-state index in [0.717, 1.165) is 38.5 Å². The number of hydrogen-bond donors (Lipinski definition) is 9. The van der Waals surface area contributed by atoms with Crippen molar-refractivity contribution in [1.82, 2.24) is 0 Å². The van der Waals surface area contributed by atoms with Crippen LogP contribution in [0.25, 0.3) is 0 Å². The van der Waals surface area contributed by atoms with Crippen molar-refractivity contribution in [2.45, 2.75) is 197 Å². The molecule has 5 aliphatic carbocycles. The number of aliphatic hydroxyl groups excluding tert-OH is 8. The molecule has 3 saturated heterocycles.